The van der Waals surface area contributed by atoms with E-state index in [0.717, 1.165) is 0 Å². The maximum absolute atomic E-state index is 14.5. The minimum absolute atomic E-state index is 0.580. The first-order valence-corrected chi connectivity index (χ1v) is 5.30. The molecule has 0 saturated carbocycles. The quantitative estimate of drug-likeness (QED) is 0.313. The number of ether oxygens (including phenoxy) is 1. The first-order chi connectivity index (χ1) is 8.78. The minimum Gasteiger partial charge on any atom is -0.388 e. The van der Waals surface area contributed by atoms with Gasteiger partial charge in [-0.25, -0.2) is 9.18 Å². The van der Waals surface area contributed by atoms with Crippen LogP contribution in [0.25, 0.3) is 0 Å². The third-order valence-corrected chi connectivity index (χ3v) is 3.01. The summed E-state index contributed by atoms with van der Waals surface area (Å²) in [5, 5.41) is 31.3. The van der Waals surface area contributed by atoms with Crippen LogP contribution in [0.15, 0.2) is 0 Å². The van der Waals surface area contributed by atoms with E-state index in [1.807, 2.05) is 0 Å². The van der Waals surface area contributed by atoms with E-state index in [1.54, 1.807) is 0 Å². The van der Waals surface area contributed by atoms with Crippen LogP contribution in [0.5, 0.6) is 0 Å². The lowest BCUT2D eigenvalue weighted by molar-refractivity contribution is -0.220. The number of urea groups is 1. The topological polar surface area (TPSA) is 145 Å². The van der Waals surface area contributed by atoms with E-state index < -0.39 is 54.5 Å². The zero-order chi connectivity index (χ0) is 14.4. The fraction of sp³-hybridized carbons (Fsp3) is 0.667. The van der Waals surface area contributed by atoms with Crippen LogP contribution in [-0.2, 0) is 14.3 Å². The molecule has 2 saturated heterocycles. The van der Waals surface area contributed by atoms with Crippen molar-refractivity contribution in [3.8, 4) is 0 Å². The van der Waals surface area contributed by atoms with Crippen molar-refractivity contribution in [3.63, 3.8) is 0 Å². The van der Waals surface area contributed by atoms with Crippen LogP contribution in [0.1, 0.15) is 0 Å². The number of carbonyl (C=O) groups excluding carboxylic acids is 3. The molecule has 0 aromatic heterocycles. The Morgan fingerprint density at radius 2 is 1.63 bits per heavy atom. The van der Waals surface area contributed by atoms with Crippen molar-refractivity contribution < 1.29 is 38.8 Å². The van der Waals surface area contributed by atoms with Gasteiger partial charge in [0.15, 0.2) is 0 Å². The van der Waals surface area contributed by atoms with Gasteiger partial charge in [-0.05, 0) is 0 Å². The molecule has 0 aromatic carbocycles. The van der Waals surface area contributed by atoms with Crippen LogP contribution < -0.4 is 10.6 Å². The van der Waals surface area contributed by atoms with Gasteiger partial charge in [0, 0.05) is 0 Å². The molecule has 2 rings (SSSR count). The van der Waals surface area contributed by atoms with E-state index in [4.69, 9.17) is 4.74 Å². The smallest absolute Gasteiger partial charge is 0.328 e. The number of halogens is 1. The maximum Gasteiger partial charge on any atom is 0.328 e. The standard InChI is InChI=1S/C9H11FN2O7/c10-9(6(16)11-8(18)12-7(9)17)5-4(15)3(14)2(13)1-19-5/h2-5,13-15H,1H2,(H2,11,12,16,17,18)/t2-,3+,4-,5-/m1/s1. The second-order valence-electron chi connectivity index (χ2n) is 4.25. The fourth-order valence-electron chi connectivity index (χ4n) is 1.94. The Balaban J connectivity index is 2.31. The largest absolute Gasteiger partial charge is 0.388 e. The average molecular weight is 278 g/mol. The molecule has 2 aliphatic heterocycles. The molecule has 5 N–H and O–H groups in total. The monoisotopic (exact) mass is 278 g/mol. The van der Waals surface area contributed by atoms with Gasteiger partial charge in [0.2, 0.25) is 0 Å². The van der Waals surface area contributed by atoms with Gasteiger partial charge in [0.1, 0.15) is 24.4 Å². The number of hydrogen-bond donors (Lipinski definition) is 5. The molecular formula is C9H11FN2O7. The maximum atomic E-state index is 14.5. The summed E-state index contributed by atoms with van der Waals surface area (Å²) in [5.41, 5.74) is -3.38. The van der Waals surface area contributed by atoms with E-state index >= 15 is 0 Å². The normalized spacial score (nSPS) is 38.6. The van der Waals surface area contributed by atoms with Crippen molar-refractivity contribution in [2.45, 2.75) is 30.1 Å². The summed E-state index contributed by atoms with van der Waals surface area (Å²) < 4.78 is 19.2. The Kier molecular flexibility index (Phi) is 3.26. The van der Waals surface area contributed by atoms with Crippen molar-refractivity contribution in [1.29, 1.82) is 0 Å². The van der Waals surface area contributed by atoms with Gasteiger partial charge in [-0.2, -0.15) is 0 Å². The molecule has 106 valence electrons. The number of aliphatic hydroxyl groups excluding tert-OH is 3. The van der Waals surface area contributed by atoms with E-state index in [-0.39, 0.29) is 0 Å². The lowest BCUT2D eigenvalue weighted by atomic mass is 9.86. The van der Waals surface area contributed by atoms with E-state index in [2.05, 4.69) is 0 Å². The Bertz CT molecular complexity index is 422. The summed E-state index contributed by atoms with van der Waals surface area (Å²) in [6, 6.07) is -1.20. The number of imide groups is 2. The zero-order valence-corrected chi connectivity index (χ0v) is 9.37. The van der Waals surface area contributed by atoms with Gasteiger partial charge in [-0.3, -0.25) is 20.2 Å². The predicted molar refractivity (Wildman–Crippen MR) is 53.3 cm³/mol. The van der Waals surface area contributed by atoms with Gasteiger partial charge >= 0.3 is 6.03 Å². The highest BCUT2D eigenvalue weighted by molar-refractivity contribution is 6.22. The summed E-state index contributed by atoms with van der Waals surface area (Å²) >= 11 is 0. The Morgan fingerprint density at radius 3 is 2.16 bits per heavy atom. The number of alkyl halides is 1. The summed E-state index contributed by atoms with van der Waals surface area (Å²) in [5.74, 6) is -3.21. The highest BCUT2D eigenvalue weighted by atomic mass is 19.1. The molecule has 4 atom stereocenters. The van der Waals surface area contributed by atoms with E-state index in [1.165, 1.54) is 10.6 Å². The Morgan fingerprint density at radius 1 is 1.11 bits per heavy atom. The lowest BCUT2D eigenvalue weighted by Crippen LogP contribution is -2.73. The third-order valence-electron chi connectivity index (χ3n) is 3.01. The fourth-order valence-corrected chi connectivity index (χ4v) is 1.94. The van der Waals surface area contributed by atoms with Crippen LogP contribution in [0.3, 0.4) is 0 Å². The highest BCUT2D eigenvalue weighted by Crippen LogP contribution is 2.30. The Labute approximate surface area is 105 Å². The number of hydrogen-bond acceptors (Lipinski definition) is 7. The molecule has 0 aromatic rings. The van der Waals surface area contributed by atoms with Crippen molar-refractivity contribution in [2.75, 3.05) is 6.61 Å². The third kappa shape index (κ3) is 1.98. The second kappa shape index (κ2) is 4.49. The number of aliphatic hydroxyl groups is 3. The molecule has 9 nitrogen and oxygen atoms in total. The molecular weight excluding hydrogens is 267 g/mol. The molecule has 10 heteroatoms. The predicted octanol–water partition coefficient (Wildman–Crippen LogP) is -3.46. The van der Waals surface area contributed by atoms with Gasteiger partial charge in [-0.1, -0.05) is 0 Å². The molecule has 0 aliphatic carbocycles. The number of amides is 4. The summed E-state index contributed by atoms with van der Waals surface area (Å²) in [7, 11) is 0. The van der Waals surface area contributed by atoms with Crippen LogP contribution in [0, 0.1) is 0 Å². The molecule has 0 spiro atoms. The number of rotatable bonds is 1. The van der Waals surface area contributed by atoms with Crippen molar-refractivity contribution in [2.24, 2.45) is 0 Å². The van der Waals surface area contributed by atoms with Gasteiger partial charge in [-0.15, -0.1) is 0 Å². The molecule has 0 unspecified atom stereocenters. The zero-order valence-electron chi connectivity index (χ0n) is 9.37. The molecule has 0 radical (unpaired) electrons. The first-order valence-electron chi connectivity index (χ1n) is 5.30. The van der Waals surface area contributed by atoms with E-state index in [0.29, 0.717) is 0 Å². The highest BCUT2D eigenvalue weighted by Gasteiger charge is 2.62. The first kappa shape index (κ1) is 13.8. The molecule has 2 heterocycles. The second-order valence-corrected chi connectivity index (χ2v) is 4.25. The average Bonchev–Trinajstić information content (AvgIpc) is 2.33. The van der Waals surface area contributed by atoms with Crippen LogP contribution >= 0.6 is 0 Å². The molecule has 2 aliphatic rings. The number of nitrogens with one attached hydrogen (secondary N) is 2. The number of barbiturate groups is 1. The molecule has 4 amide bonds. The summed E-state index contributed by atoms with van der Waals surface area (Å²) in [6.07, 6.45) is -7.33. The van der Waals surface area contributed by atoms with Crippen LogP contribution in [0.4, 0.5) is 9.18 Å². The van der Waals surface area contributed by atoms with Crippen molar-refractivity contribution >= 4 is 17.8 Å². The van der Waals surface area contributed by atoms with E-state index in [9.17, 15) is 34.1 Å². The number of carbonyl (C=O) groups is 3. The minimum atomic E-state index is -3.38. The summed E-state index contributed by atoms with van der Waals surface area (Å²) in [6.45, 7) is -0.580. The molecule has 0 bridgehead atoms. The van der Waals surface area contributed by atoms with Crippen LogP contribution in [0.2, 0.25) is 0 Å². The summed E-state index contributed by atoms with van der Waals surface area (Å²) in [4.78, 5) is 33.8. The SMILES string of the molecule is O=C1NC(=O)C(F)([C@@H]2OC[C@@H](O)[C@H](O)[C@H]2O)C(=O)N1. The lowest BCUT2D eigenvalue weighted by Gasteiger charge is -2.41. The molecule has 2 fully saturated rings. The van der Waals surface area contributed by atoms with Crippen LogP contribution in [-0.4, -0.2) is 69.9 Å². The van der Waals surface area contributed by atoms with Crippen molar-refractivity contribution in [1.82, 2.24) is 10.6 Å². The van der Waals surface area contributed by atoms with Gasteiger partial charge in [0.25, 0.3) is 17.5 Å². The molecule has 19 heavy (non-hydrogen) atoms. The van der Waals surface area contributed by atoms with Gasteiger partial charge in [0.05, 0.1) is 6.61 Å². The van der Waals surface area contributed by atoms with Crippen molar-refractivity contribution in [3.05, 3.63) is 0 Å². The Hall–Kier alpha value is -1.62. The van der Waals surface area contributed by atoms with Gasteiger partial charge < -0.3 is 20.1 Å².